The number of fused-ring (bicyclic) bond motifs is 6. The van der Waals surface area contributed by atoms with Gasteiger partial charge >= 0.3 is 0 Å². The minimum Gasteiger partial charge on any atom is -0.367 e. The number of benzene rings is 1. The maximum absolute atomic E-state index is 11.8. The number of anilines is 2. The van der Waals surface area contributed by atoms with Gasteiger partial charge in [-0.3, -0.25) is 4.79 Å². The van der Waals surface area contributed by atoms with E-state index in [0.29, 0.717) is 47.1 Å². The summed E-state index contributed by atoms with van der Waals surface area (Å²) in [5.41, 5.74) is 9.70. The standard InChI is InChI=1S/C32H35N7O/c33-15-25-8-9-26(16-36-25)38-19-24-13-29(38)27-17-37-28-7-2-1-4-23(28)18-39(31(24)27)30-14-21(10-11-35-30)20-5-3-6-22(12-20)32(34)40/h3,5-6,8-12,14,16,23-24,27-29,31,37H,1-2,4,7,13,17-19H2,(H2,34,40). The fourth-order valence-electron chi connectivity index (χ4n) is 8.00. The lowest BCUT2D eigenvalue weighted by Gasteiger charge is -2.49. The third-order valence-electron chi connectivity index (χ3n) is 9.82. The zero-order valence-electron chi connectivity index (χ0n) is 22.6. The van der Waals surface area contributed by atoms with Crippen molar-refractivity contribution in [3.8, 4) is 17.2 Å². The molecule has 2 aromatic heterocycles. The maximum Gasteiger partial charge on any atom is 0.248 e. The van der Waals surface area contributed by atoms with Crippen LogP contribution in [0.3, 0.4) is 0 Å². The predicted molar refractivity (Wildman–Crippen MR) is 155 cm³/mol. The summed E-state index contributed by atoms with van der Waals surface area (Å²) in [4.78, 5) is 26.3. The van der Waals surface area contributed by atoms with Crippen molar-refractivity contribution in [2.24, 2.45) is 23.5 Å². The van der Waals surface area contributed by atoms with E-state index in [-0.39, 0.29) is 0 Å². The molecule has 1 aromatic carbocycles. The second-order valence-corrected chi connectivity index (χ2v) is 11.9. The molecule has 8 nitrogen and oxygen atoms in total. The van der Waals surface area contributed by atoms with Crippen LogP contribution in [-0.4, -0.2) is 53.6 Å². The van der Waals surface area contributed by atoms with E-state index in [9.17, 15) is 10.1 Å². The average molecular weight is 534 g/mol. The largest absolute Gasteiger partial charge is 0.367 e. The summed E-state index contributed by atoms with van der Waals surface area (Å²) < 4.78 is 0. The minimum absolute atomic E-state index is 0.405. The monoisotopic (exact) mass is 533 g/mol. The number of hydrogen-bond acceptors (Lipinski definition) is 7. The smallest absolute Gasteiger partial charge is 0.248 e. The molecule has 6 unspecified atom stereocenters. The molecule has 0 spiro atoms. The summed E-state index contributed by atoms with van der Waals surface area (Å²) in [6.07, 6.45) is 10.0. The van der Waals surface area contributed by atoms with Crippen molar-refractivity contribution in [2.75, 3.05) is 29.4 Å². The van der Waals surface area contributed by atoms with Crippen molar-refractivity contribution in [1.29, 1.82) is 5.26 Å². The molecule has 2 aliphatic carbocycles. The SMILES string of the molecule is N#Cc1ccc(N2CC3CC2C2CNC4CCCCC4CN(c4cc(-c5cccc(C(N)=O)c5)ccn4)C32)cn1. The van der Waals surface area contributed by atoms with Crippen LogP contribution in [0.5, 0.6) is 0 Å². The van der Waals surface area contributed by atoms with Gasteiger partial charge in [0.05, 0.1) is 11.9 Å². The maximum atomic E-state index is 11.8. The van der Waals surface area contributed by atoms with Gasteiger partial charge in [0.1, 0.15) is 17.6 Å². The van der Waals surface area contributed by atoms with E-state index < -0.39 is 5.91 Å². The molecule has 4 fully saturated rings. The van der Waals surface area contributed by atoms with Gasteiger partial charge in [0, 0.05) is 55.4 Å². The van der Waals surface area contributed by atoms with E-state index in [0.717, 1.165) is 48.7 Å². The number of nitrogens with two attached hydrogens (primary N) is 1. The normalized spacial score (nSPS) is 29.2. The van der Waals surface area contributed by atoms with Crippen LogP contribution < -0.4 is 20.9 Å². The van der Waals surface area contributed by atoms with Gasteiger partial charge in [-0.15, -0.1) is 0 Å². The number of hydrogen-bond donors (Lipinski definition) is 2. The first-order valence-corrected chi connectivity index (χ1v) is 14.6. The summed E-state index contributed by atoms with van der Waals surface area (Å²) in [5, 5.41) is 13.2. The van der Waals surface area contributed by atoms with E-state index >= 15 is 0 Å². The van der Waals surface area contributed by atoms with E-state index in [1.807, 2.05) is 42.7 Å². The number of pyridine rings is 2. The van der Waals surface area contributed by atoms with Crippen molar-refractivity contribution in [3.05, 3.63) is 72.2 Å². The number of carbonyl (C=O) groups is 1. The Labute approximate surface area is 235 Å². The number of aromatic nitrogens is 2. The summed E-state index contributed by atoms with van der Waals surface area (Å²) in [6, 6.07) is 19.2. The summed E-state index contributed by atoms with van der Waals surface area (Å²) in [5.74, 6) is 2.21. The van der Waals surface area contributed by atoms with Gasteiger partial charge in [-0.25, -0.2) is 9.97 Å². The second-order valence-electron chi connectivity index (χ2n) is 11.9. The first-order chi connectivity index (χ1) is 19.6. The highest BCUT2D eigenvalue weighted by Crippen LogP contribution is 2.48. The molecule has 0 radical (unpaired) electrons. The Balaban J connectivity index is 1.24. The first kappa shape index (κ1) is 25.0. The third kappa shape index (κ3) is 4.39. The molecule has 4 heterocycles. The highest BCUT2D eigenvalue weighted by molar-refractivity contribution is 5.94. The van der Waals surface area contributed by atoms with Crippen LogP contribution in [0.25, 0.3) is 11.1 Å². The highest BCUT2D eigenvalue weighted by Gasteiger charge is 2.55. The molecule has 4 aliphatic rings. The van der Waals surface area contributed by atoms with Crippen molar-refractivity contribution in [2.45, 2.75) is 50.2 Å². The molecule has 204 valence electrons. The van der Waals surface area contributed by atoms with E-state index in [1.54, 1.807) is 6.07 Å². The Morgan fingerprint density at radius 3 is 2.67 bits per heavy atom. The lowest BCUT2D eigenvalue weighted by atomic mass is 9.80. The zero-order valence-corrected chi connectivity index (χ0v) is 22.6. The summed E-state index contributed by atoms with van der Waals surface area (Å²) >= 11 is 0. The molecular weight excluding hydrogens is 498 g/mol. The number of nitrogens with zero attached hydrogens (tertiary/aromatic N) is 5. The fourth-order valence-corrected chi connectivity index (χ4v) is 8.00. The Kier molecular flexibility index (Phi) is 6.39. The van der Waals surface area contributed by atoms with Gasteiger partial charge in [0.15, 0.2) is 0 Å². The number of amides is 1. The van der Waals surface area contributed by atoms with Crippen molar-refractivity contribution in [1.82, 2.24) is 15.3 Å². The lowest BCUT2D eigenvalue weighted by Crippen LogP contribution is -2.61. The van der Waals surface area contributed by atoms with Gasteiger partial charge in [0.2, 0.25) is 5.91 Å². The van der Waals surface area contributed by atoms with Crippen LogP contribution in [0.1, 0.15) is 48.2 Å². The molecule has 2 aliphatic heterocycles. The van der Waals surface area contributed by atoms with Crippen molar-refractivity contribution < 1.29 is 4.79 Å². The summed E-state index contributed by atoms with van der Waals surface area (Å²) in [7, 11) is 0. The molecule has 7 rings (SSSR count). The van der Waals surface area contributed by atoms with Gasteiger partial charge in [-0.2, -0.15) is 5.26 Å². The third-order valence-corrected chi connectivity index (χ3v) is 9.82. The molecule has 2 saturated heterocycles. The van der Waals surface area contributed by atoms with Crippen molar-refractivity contribution in [3.63, 3.8) is 0 Å². The molecule has 2 bridgehead atoms. The number of carbonyl (C=O) groups excluding carboxylic acids is 1. The Hall–Kier alpha value is -3.96. The van der Waals surface area contributed by atoms with Gasteiger partial charge < -0.3 is 20.9 Å². The molecule has 6 atom stereocenters. The van der Waals surface area contributed by atoms with E-state index in [1.165, 1.54) is 25.7 Å². The summed E-state index contributed by atoms with van der Waals surface area (Å²) in [6.45, 7) is 3.01. The van der Waals surface area contributed by atoms with Crippen LogP contribution in [-0.2, 0) is 0 Å². The fraction of sp³-hybridized carbons (Fsp3) is 0.438. The first-order valence-electron chi connectivity index (χ1n) is 14.6. The van der Waals surface area contributed by atoms with Gasteiger partial charge in [0.25, 0.3) is 0 Å². The molecular formula is C32H35N7O. The van der Waals surface area contributed by atoms with Gasteiger partial charge in [-0.1, -0.05) is 25.0 Å². The highest BCUT2D eigenvalue weighted by atomic mass is 16.1. The number of nitrogens with one attached hydrogen (secondary N) is 1. The topological polar surface area (TPSA) is 111 Å². The number of nitriles is 1. The van der Waals surface area contributed by atoms with E-state index in [2.05, 4.69) is 38.3 Å². The average Bonchev–Trinajstić information content (AvgIpc) is 3.57. The van der Waals surface area contributed by atoms with Crippen LogP contribution >= 0.6 is 0 Å². The van der Waals surface area contributed by atoms with Gasteiger partial charge in [-0.05, 0) is 78.6 Å². The molecule has 8 heteroatoms. The Morgan fingerprint density at radius 1 is 1.00 bits per heavy atom. The Bertz CT molecular complexity index is 1450. The number of piperidine rings is 1. The number of rotatable bonds is 4. The Morgan fingerprint density at radius 2 is 1.85 bits per heavy atom. The second kappa shape index (κ2) is 10.2. The predicted octanol–water partition coefficient (Wildman–Crippen LogP) is 3.98. The molecule has 3 N–H and O–H groups in total. The van der Waals surface area contributed by atoms with Crippen LogP contribution in [0.15, 0.2) is 60.9 Å². The van der Waals surface area contributed by atoms with Crippen LogP contribution in [0.2, 0.25) is 0 Å². The molecule has 1 amide bonds. The number of primary amides is 1. The zero-order chi connectivity index (χ0) is 27.2. The van der Waals surface area contributed by atoms with Crippen molar-refractivity contribution >= 4 is 17.4 Å². The molecule has 2 saturated carbocycles. The van der Waals surface area contributed by atoms with E-state index in [4.69, 9.17) is 10.7 Å². The molecule has 3 aromatic rings. The quantitative estimate of drug-likeness (QED) is 0.522. The minimum atomic E-state index is -0.414. The van der Waals surface area contributed by atoms with Crippen LogP contribution in [0.4, 0.5) is 11.5 Å². The lowest BCUT2D eigenvalue weighted by molar-refractivity contribution is 0.100. The molecule has 40 heavy (non-hydrogen) atoms. The van der Waals surface area contributed by atoms with Crippen LogP contribution in [0, 0.1) is 29.1 Å².